The van der Waals surface area contributed by atoms with Gasteiger partial charge < -0.3 is 5.32 Å². The minimum absolute atomic E-state index is 0.0338. The lowest BCUT2D eigenvalue weighted by atomic mass is 10.0. The summed E-state index contributed by atoms with van der Waals surface area (Å²) in [6.45, 7) is 2.21. The van der Waals surface area contributed by atoms with Crippen molar-refractivity contribution in [1.82, 2.24) is 4.31 Å². The van der Waals surface area contributed by atoms with Crippen LogP contribution in [0.25, 0.3) is 0 Å². The SMILES string of the molecule is Cc1ccc(NC(=O)CC2CCCCN2S(=O)(=O)c2ccc(F)cc2)cc1Cl. The fourth-order valence-corrected chi connectivity index (χ4v) is 5.21. The molecule has 1 heterocycles. The summed E-state index contributed by atoms with van der Waals surface area (Å²) < 4.78 is 40.5. The van der Waals surface area contributed by atoms with Crippen molar-refractivity contribution in [2.24, 2.45) is 0 Å². The molecule has 1 saturated heterocycles. The van der Waals surface area contributed by atoms with Gasteiger partial charge in [0.15, 0.2) is 0 Å². The van der Waals surface area contributed by atoms with Crippen molar-refractivity contribution in [3.63, 3.8) is 0 Å². The summed E-state index contributed by atoms with van der Waals surface area (Å²) in [6, 6.07) is 9.55. The maximum Gasteiger partial charge on any atom is 0.243 e. The summed E-state index contributed by atoms with van der Waals surface area (Å²) in [4.78, 5) is 12.5. The quantitative estimate of drug-likeness (QED) is 0.775. The van der Waals surface area contributed by atoms with Gasteiger partial charge in [0.2, 0.25) is 15.9 Å². The Labute approximate surface area is 169 Å². The number of benzene rings is 2. The van der Waals surface area contributed by atoms with Gasteiger partial charge in [-0.1, -0.05) is 24.1 Å². The zero-order valence-corrected chi connectivity index (χ0v) is 17.1. The number of piperidine rings is 1. The maximum absolute atomic E-state index is 13.2. The van der Waals surface area contributed by atoms with E-state index >= 15 is 0 Å². The van der Waals surface area contributed by atoms with E-state index in [1.54, 1.807) is 12.1 Å². The zero-order valence-electron chi connectivity index (χ0n) is 15.5. The molecule has 1 fully saturated rings. The van der Waals surface area contributed by atoms with E-state index in [0.717, 1.165) is 30.5 Å². The van der Waals surface area contributed by atoms with Gasteiger partial charge in [-0.25, -0.2) is 12.8 Å². The van der Waals surface area contributed by atoms with Crippen LogP contribution in [0.3, 0.4) is 0 Å². The number of sulfonamides is 1. The van der Waals surface area contributed by atoms with Crippen molar-refractivity contribution in [2.45, 2.75) is 43.5 Å². The molecule has 1 atom stereocenters. The molecule has 2 aromatic carbocycles. The van der Waals surface area contributed by atoms with Crippen LogP contribution in [0, 0.1) is 12.7 Å². The van der Waals surface area contributed by atoms with Gasteiger partial charge in [0, 0.05) is 29.7 Å². The lowest BCUT2D eigenvalue weighted by Crippen LogP contribution is -2.45. The third-order valence-electron chi connectivity index (χ3n) is 4.87. The van der Waals surface area contributed by atoms with Gasteiger partial charge in [-0.3, -0.25) is 4.79 Å². The summed E-state index contributed by atoms with van der Waals surface area (Å²) in [5.41, 5.74) is 1.48. The highest BCUT2D eigenvalue weighted by Gasteiger charge is 2.34. The number of nitrogens with zero attached hydrogens (tertiary/aromatic N) is 1. The van der Waals surface area contributed by atoms with Crippen LogP contribution in [0.4, 0.5) is 10.1 Å². The van der Waals surface area contributed by atoms with E-state index in [9.17, 15) is 17.6 Å². The summed E-state index contributed by atoms with van der Waals surface area (Å²) in [7, 11) is -3.79. The summed E-state index contributed by atoms with van der Waals surface area (Å²) in [6.07, 6.45) is 2.23. The number of carbonyl (C=O) groups excluding carboxylic acids is 1. The van der Waals surface area contributed by atoms with Gasteiger partial charge in [0.05, 0.1) is 4.90 Å². The number of aryl methyl sites for hydroxylation is 1. The molecule has 5 nitrogen and oxygen atoms in total. The van der Waals surface area contributed by atoms with Crippen molar-refractivity contribution in [2.75, 3.05) is 11.9 Å². The molecule has 8 heteroatoms. The number of halogens is 2. The molecule has 1 aliphatic heterocycles. The number of amides is 1. The van der Waals surface area contributed by atoms with Gasteiger partial charge in [-0.15, -0.1) is 0 Å². The Balaban J connectivity index is 1.74. The number of carbonyl (C=O) groups is 1. The lowest BCUT2D eigenvalue weighted by molar-refractivity contribution is -0.117. The molecule has 3 rings (SSSR count). The van der Waals surface area contributed by atoms with Crippen LogP contribution in [-0.2, 0) is 14.8 Å². The van der Waals surface area contributed by atoms with Gasteiger partial charge in [-0.2, -0.15) is 4.31 Å². The third-order valence-corrected chi connectivity index (χ3v) is 7.24. The highest BCUT2D eigenvalue weighted by molar-refractivity contribution is 7.89. The fraction of sp³-hybridized carbons (Fsp3) is 0.350. The first-order chi connectivity index (χ1) is 13.3. The van der Waals surface area contributed by atoms with Crippen molar-refractivity contribution in [1.29, 1.82) is 0 Å². The number of hydrogen-bond donors (Lipinski definition) is 1. The van der Waals surface area contributed by atoms with E-state index in [0.29, 0.717) is 23.7 Å². The van der Waals surface area contributed by atoms with E-state index in [-0.39, 0.29) is 17.2 Å². The first-order valence-electron chi connectivity index (χ1n) is 9.11. The predicted octanol–water partition coefficient (Wildman–Crippen LogP) is 4.36. The Morgan fingerprint density at radius 2 is 1.93 bits per heavy atom. The first-order valence-corrected chi connectivity index (χ1v) is 10.9. The maximum atomic E-state index is 13.2. The average Bonchev–Trinajstić information content (AvgIpc) is 2.65. The minimum Gasteiger partial charge on any atom is -0.326 e. The van der Waals surface area contributed by atoms with Crippen LogP contribution in [0.5, 0.6) is 0 Å². The lowest BCUT2D eigenvalue weighted by Gasteiger charge is -2.34. The molecule has 1 aliphatic rings. The first kappa shape index (κ1) is 20.8. The van der Waals surface area contributed by atoms with Crippen LogP contribution >= 0.6 is 11.6 Å². The Bertz CT molecular complexity index is 964. The van der Waals surface area contributed by atoms with Gasteiger partial charge in [0.1, 0.15) is 5.82 Å². The van der Waals surface area contributed by atoms with E-state index in [1.807, 2.05) is 13.0 Å². The molecule has 0 saturated carbocycles. The molecule has 0 aliphatic carbocycles. The minimum atomic E-state index is -3.79. The van der Waals surface area contributed by atoms with E-state index in [1.165, 1.54) is 16.4 Å². The molecule has 1 N–H and O–H groups in total. The Kier molecular flexibility index (Phi) is 6.37. The number of nitrogens with one attached hydrogen (secondary N) is 1. The Morgan fingerprint density at radius 3 is 2.61 bits per heavy atom. The molecular formula is C20H22ClFN2O3S. The average molecular weight is 425 g/mol. The summed E-state index contributed by atoms with van der Waals surface area (Å²) >= 11 is 6.09. The molecule has 1 unspecified atom stereocenters. The second-order valence-electron chi connectivity index (χ2n) is 6.94. The molecule has 0 bridgehead atoms. The third kappa shape index (κ3) is 4.71. The second kappa shape index (κ2) is 8.59. The Hall–Kier alpha value is -1.96. The molecule has 1 amide bonds. The number of hydrogen-bond acceptors (Lipinski definition) is 3. The highest BCUT2D eigenvalue weighted by Crippen LogP contribution is 2.28. The molecular weight excluding hydrogens is 403 g/mol. The Morgan fingerprint density at radius 1 is 1.21 bits per heavy atom. The normalized spacial score (nSPS) is 18.0. The monoisotopic (exact) mass is 424 g/mol. The van der Waals surface area contributed by atoms with E-state index in [2.05, 4.69) is 5.32 Å². The van der Waals surface area contributed by atoms with Crippen molar-refractivity contribution >= 4 is 33.2 Å². The topological polar surface area (TPSA) is 66.5 Å². The second-order valence-corrected chi connectivity index (χ2v) is 9.23. The molecule has 0 aromatic heterocycles. The smallest absolute Gasteiger partial charge is 0.243 e. The van der Waals surface area contributed by atoms with Crippen LogP contribution in [0.15, 0.2) is 47.4 Å². The van der Waals surface area contributed by atoms with Crippen molar-refractivity contribution < 1.29 is 17.6 Å². The molecule has 150 valence electrons. The molecule has 0 spiro atoms. The standard InChI is InChI=1S/C20H22ClFN2O3S/c1-14-5-8-16(12-19(14)21)23-20(25)13-17-4-2-3-11-24(17)28(26,27)18-9-6-15(22)7-10-18/h5-10,12,17H,2-4,11,13H2,1H3,(H,23,25). The molecule has 2 aromatic rings. The van der Waals surface area contributed by atoms with Crippen LogP contribution in [0.1, 0.15) is 31.2 Å². The summed E-state index contributed by atoms with van der Waals surface area (Å²) in [5, 5.41) is 3.33. The number of rotatable bonds is 5. The van der Waals surface area contributed by atoms with Crippen LogP contribution in [0.2, 0.25) is 5.02 Å². The van der Waals surface area contributed by atoms with Crippen molar-refractivity contribution in [3.8, 4) is 0 Å². The van der Waals surface area contributed by atoms with Crippen LogP contribution < -0.4 is 5.32 Å². The molecule has 0 radical (unpaired) electrons. The van der Waals surface area contributed by atoms with E-state index in [4.69, 9.17) is 11.6 Å². The highest BCUT2D eigenvalue weighted by atomic mass is 35.5. The van der Waals surface area contributed by atoms with E-state index < -0.39 is 21.9 Å². The van der Waals surface area contributed by atoms with Gasteiger partial charge in [-0.05, 0) is 61.7 Å². The largest absolute Gasteiger partial charge is 0.326 e. The van der Waals surface area contributed by atoms with Crippen molar-refractivity contribution in [3.05, 3.63) is 58.9 Å². The van der Waals surface area contributed by atoms with Crippen LogP contribution in [-0.4, -0.2) is 31.2 Å². The summed E-state index contributed by atoms with van der Waals surface area (Å²) in [5.74, 6) is -0.767. The fourth-order valence-electron chi connectivity index (χ4n) is 3.33. The van der Waals surface area contributed by atoms with Gasteiger partial charge in [0.25, 0.3) is 0 Å². The molecule has 28 heavy (non-hydrogen) atoms. The predicted molar refractivity (Wildman–Crippen MR) is 107 cm³/mol. The zero-order chi connectivity index (χ0) is 20.3. The number of anilines is 1. The van der Waals surface area contributed by atoms with Gasteiger partial charge >= 0.3 is 0 Å².